The molecular formula is C20H20BrN5O. The van der Waals surface area contributed by atoms with Crippen molar-refractivity contribution in [2.75, 3.05) is 6.54 Å². The van der Waals surface area contributed by atoms with Gasteiger partial charge in [-0.1, -0.05) is 34.1 Å². The van der Waals surface area contributed by atoms with E-state index in [2.05, 4.69) is 37.4 Å². The fourth-order valence-electron chi connectivity index (χ4n) is 3.12. The van der Waals surface area contributed by atoms with Crippen LogP contribution in [0.1, 0.15) is 34.5 Å². The molecular weight excluding hydrogens is 406 g/mol. The van der Waals surface area contributed by atoms with Crippen LogP contribution in [-0.4, -0.2) is 27.0 Å². The van der Waals surface area contributed by atoms with E-state index in [1.54, 1.807) is 4.52 Å². The largest absolute Gasteiger partial charge is 0.356 e. The molecule has 1 amide bonds. The van der Waals surface area contributed by atoms with E-state index in [9.17, 15) is 4.79 Å². The van der Waals surface area contributed by atoms with Crippen molar-refractivity contribution >= 4 is 27.5 Å². The van der Waals surface area contributed by atoms with E-state index in [4.69, 9.17) is 5.26 Å². The van der Waals surface area contributed by atoms with E-state index >= 15 is 0 Å². The molecule has 2 aromatic heterocycles. The summed E-state index contributed by atoms with van der Waals surface area (Å²) in [5, 5.41) is 16.3. The van der Waals surface area contributed by atoms with Gasteiger partial charge in [-0.25, -0.2) is 9.50 Å². The van der Waals surface area contributed by atoms with Crippen LogP contribution in [0.3, 0.4) is 0 Å². The highest BCUT2D eigenvalue weighted by Gasteiger charge is 2.14. The van der Waals surface area contributed by atoms with Crippen molar-refractivity contribution in [1.82, 2.24) is 19.9 Å². The van der Waals surface area contributed by atoms with Crippen molar-refractivity contribution in [1.29, 1.82) is 5.26 Å². The average molecular weight is 426 g/mol. The lowest BCUT2D eigenvalue weighted by molar-refractivity contribution is -0.121. The number of hydrogen-bond acceptors (Lipinski definition) is 4. The van der Waals surface area contributed by atoms with E-state index in [0.29, 0.717) is 30.6 Å². The van der Waals surface area contributed by atoms with Crippen LogP contribution in [0, 0.1) is 25.2 Å². The van der Waals surface area contributed by atoms with Crippen molar-refractivity contribution in [3.8, 4) is 6.07 Å². The van der Waals surface area contributed by atoms with E-state index in [1.165, 1.54) is 11.8 Å². The summed E-state index contributed by atoms with van der Waals surface area (Å²) < 4.78 is 2.73. The fraction of sp³-hybridized carbons (Fsp3) is 0.300. The minimum absolute atomic E-state index is 0.0131. The summed E-state index contributed by atoms with van der Waals surface area (Å²) in [4.78, 5) is 16.7. The Morgan fingerprint density at radius 1 is 1.30 bits per heavy atom. The van der Waals surface area contributed by atoms with E-state index in [1.807, 2.05) is 38.1 Å². The van der Waals surface area contributed by atoms with Crippen LogP contribution in [0.25, 0.3) is 5.65 Å². The maximum atomic E-state index is 12.2. The standard InChI is InChI=1S/C20H20BrN5O/c1-13-17(14(2)26-20(25-13)16(11-22)12-24-26)7-8-19(27)23-10-9-15-5-3-4-6-18(15)21/h3-6,12H,7-10H2,1-2H3,(H,23,27). The third-order valence-corrected chi connectivity index (χ3v) is 5.38. The molecule has 27 heavy (non-hydrogen) atoms. The van der Waals surface area contributed by atoms with Crippen LogP contribution < -0.4 is 5.32 Å². The molecule has 0 aliphatic heterocycles. The zero-order valence-electron chi connectivity index (χ0n) is 15.3. The van der Waals surface area contributed by atoms with Gasteiger partial charge in [-0.3, -0.25) is 4.79 Å². The molecule has 0 spiro atoms. The summed E-state index contributed by atoms with van der Waals surface area (Å²) in [5.41, 5.74) is 4.94. The minimum Gasteiger partial charge on any atom is -0.356 e. The molecule has 0 saturated carbocycles. The number of aromatic nitrogens is 3. The van der Waals surface area contributed by atoms with Crippen molar-refractivity contribution in [3.05, 3.63) is 63.0 Å². The summed E-state index contributed by atoms with van der Waals surface area (Å²) in [7, 11) is 0. The molecule has 1 aromatic carbocycles. The first-order valence-electron chi connectivity index (χ1n) is 8.75. The van der Waals surface area contributed by atoms with Gasteiger partial charge < -0.3 is 5.32 Å². The van der Waals surface area contributed by atoms with Gasteiger partial charge in [-0.15, -0.1) is 0 Å². The number of carbonyl (C=O) groups excluding carboxylic acids is 1. The van der Waals surface area contributed by atoms with Gasteiger partial charge in [0.05, 0.1) is 6.20 Å². The second kappa shape index (κ2) is 8.31. The molecule has 0 bridgehead atoms. The van der Waals surface area contributed by atoms with E-state index in [-0.39, 0.29) is 5.91 Å². The molecule has 7 heteroatoms. The molecule has 138 valence electrons. The van der Waals surface area contributed by atoms with Gasteiger partial charge in [0.25, 0.3) is 0 Å². The third kappa shape index (κ3) is 4.17. The first-order chi connectivity index (χ1) is 13.0. The van der Waals surface area contributed by atoms with Crippen LogP contribution in [0.4, 0.5) is 0 Å². The Bertz CT molecular complexity index is 1030. The normalized spacial score (nSPS) is 10.7. The molecule has 2 heterocycles. The first kappa shape index (κ1) is 19.1. The molecule has 0 saturated heterocycles. The monoisotopic (exact) mass is 425 g/mol. The second-order valence-electron chi connectivity index (χ2n) is 6.36. The predicted molar refractivity (Wildman–Crippen MR) is 106 cm³/mol. The predicted octanol–water partition coefficient (Wildman–Crippen LogP) is 3.27. The van der Waals surface area contributed by atoms with E-state index in [0.717, 1.165) is 27.8 Å². The highest BCUT2D eigenvalue weighted by molar-refractivity contribution is 9.10. The number of carbonyl (C=O) groups is 1. The SMILES string of the molecule is Cc1nc2c(C#N)cnn2c(C)c1CCC(=O)NCCc1ccccc1Br. The number of nitrogens with one attached hydrogen (secondary N) is 1. The third-order valence-electron chi connectivity index (χ3n) is 4.61. The minimum atomic E-state index is 0.0131. The first-order valence-corrected chi connectivity index (χ1v) is 9.54. The number of amides is 1. The molecule has 0 atom stereocenters. The Kier molecular flexibility index (Phi) is 5.87. The van der Waals surface area contributed by atoms with Crippen molar-refractivity contribution < 1.29 is 4.79 Å². The number of nitrogens with zero attached hydrogens (tertiary/aromatic N) is 4. The Morgan fingerprint density at radius 2 is 2.07 bits per heavy atom. The van der Waals surface area contributed by atoms with Crippen LogP contribution >= 0.6 is 15.9 Å². The highest BCUT2D eigenvalue weighted by Crippen LogP contribution is 2.18. The number of aryl methyl sites for hydroxylation is 2. The number of hydrogen-bond donors (Lipinski definition) is 1. The molecule has 6 nitrogen and oxygen atoms in total. The van der Waals surface area contributed by atoms with Gasteiger partial charge in [-0.2, -0.15) is 10.4 Å². The van der Waals surface area contributed by atoms with Crippen LogP contribution in [0.2, 0.25) is 0 Å². The zero-order valence-corrected chi connectivity index (χ0v) is 16.9. The molecule has 1 N–H and O–H groups in total. The second-order valence-corrected chi connectivity index (χ2v) is 7.21. The van der Waals surface area contributed by atoms with Gasteiger partial charge in [0.15, 0.2) is 5.65 Å². The van der Waals surface area contributed by atoms with Gasteiger partial charge in [0, 0.05) is 28.8 Å². The molecule has 0 radical (unpaired) electrons. The summed E-state index contributed by atoms with van der Waals surface area (Å²) in [6, 6.07) is 10.1. The number of fused-ring (bicyclic) bond motifs is 1. The summed E-state index contributed by atoms with van der Waals surface area (Å²) >= 11 is 3.52. The topological polar surface area (TPSA) is 83.1 Å². The highest BCUT2D eigenvalue weighted by atomic mass is 79.9. The molecule has 3 aromatic rings. The zero-order chi connectivity index (χ0) is 19.4. The van der Waals surface area contributed by atoms with Gasteiger partial charge in [-0.05, 0) is 43.9 Å². The number of benzene rings is 1. The van der Waals surface area contributed by atoms with E-state index < -0.39 is 0 Å². The lowest BCUT2D eigenvalue weighted by Gasteiger charge is -2.11. The lowest BCUT2D eigenvalue weighted by Crippen LogP contribution is -2.26. The van der Waals surface area contributed by atoms with Gasteiger partial charge in [0.1, 0.15) is 11.6 Å². The average Bonchev–Trinajstić information content (AvgIpc) is 3.06. The maximum absolute atomic E-state index is 12.2. The molecule has 0 unspecified atom stereocenters. The molecule has 0 aliphatic rings. The molecule has 3 rings (SSSR count). The maximum Gasteiger partial charge on any atom is 0.220 e. The number of halogens is 1. The number of nitriles is 1. The Hall–Kier alpha value is -2.72. The van der Waals surface area contributed by atoms with Crippen LogP contribution in [0.15, 0.2) is 34.9 Å². The summed E-state index contributed by atoms with van der Waals surface area (Å²) in [6.45, 7) is 4.44. The number of rotatable bonds is 6. The van der Waals surface area contributed by atoms with Gasteiger partial charge >= 0.3 is 0 Å². The Balaban J connectivity index is 1.60. The molecule has 0 fully saturated rings. The van der Waals surface area contributed by atoms with Crippen molar-refractivity contribution in [3.63, 3.8) is 0 Å². The van der Waals surface area contributed by atoms with Crippen LogP contribution in [0.5, 0.6) is 0 Å². The summed E-state index contributed by atoms with van der Waals surface area (Å²) in [5.74, 6) is 0.0131. The quantitative estimate of drug-likeness (QED) is 0.656. The van der Waals surface area contributed by atoms with Crippen molar-refractivity contribution in [2.45, 2.75) is 33.1 Å². The van der Waals surface area contributed by atoms with Crippen LogP contribution in [-0.2, 0) is 17.6 Å². The van der Waals surface area contributed by atoms with Crippen molar-refractivity contribution in [2.24, 2.45) is 0 Å². The smallest absolute Gasteiger partial charge is 0.220 e. The summed E-state index contributed by atoms with van der Waals surface area (Å²) in [6.07, 6.45) is 3.27. The lowest BCUT2D eigenvalue weighted by atomic mass is 10.1. The van der Waals surface area contributed by atoms with Gasteiger partial charge in [0.2, 0.25) is 5.91 Å². The Morgan fingerprint density at radius 3 is 2.81 bits per heavy atom. The fourth-order valence-corrected chi connectivity index (χ4v) is 3.60. The molecule has 0 aliphatic carbocycles. The Labute approximate surface area is 166 Å².